The number of halogens is 3. The van der Waals surface area contributed by atoms with Gasteiger partial charge in [-0.2, -0.15) is 13.2 Å². The molecule has 1 aromatic heterocycles. The zero-order chi connectivity index (χ0) is 24.3. The highest BCUT2D eigenvalue weighted by Crippen LogP contribution is 2.40. The van der Waals surface area contributed by atoms with Crippen molar-refractivity contribution in [1.29, 1.82) is 0 Å². The Labute approximate surface area is 194 Å². The highest BCUT2D eigenvalue weighted by molar-refractivity contribution is 7.19. The van der Waals surface area contributed by atoms with E-state index in [1.165, 1.54) is 17.4 Å². The van der Waals surface area contributed by atoms with E-state index in [0.29, 0.717) is 29.7 Å². The number of benzene rings is 2. The third-order valence-corrected chi connectivity index (χ3v) is 6.93. The van der Waals surface area contributed by atoms with Gasteiger partial charge in [0.15, 0.2) is 0 Å². The topological polar surface area (TPSA) is 69.9 Å². The van der Waals surface area contributed by atoms with Crippen LogP contribution in [-0.4, -0.2) is 22.0 Å². The highest BCUT2D eigenvalue weighted by atomic mass is 32.1. The van der Waals surface area contributed by atoms with Gasteiger partial charge in [-0.05, 0) is 77.9 Å². The molecule has 0 spiro atoms. The maximum absolute atomic E-state index is 13.1. The molecule has 0 fully saturated rings. The first-order valence-corrected chi connectivity index (χ1v) is 11.5. The molecule has 0 amide bonds. The molecule has 0 aliphatic heterocycles. The van der Waals surface area contributed by atoms with Crippen LogP contribution in [0, 0.1) is 6.92 Å². The monoisotopic (exact) mass is 477 g/mol. The van der Waals surface area contributed by atoms with Crippen molar-refractivity contribution in [3.05, 3.63) is 69.1 Å². The third-order valence-electron chi connectivity index (χ3n) is 5.70. The average Bonchev–Trinajstić information content (AvgIpc) is 3.10. The largest absolute Gasteiger partial charge is 0.481 e. The Morgan fingerprint density at radius 1 is 1.09 bits per heavy atom. The number of rotatable bonds is 8. The van der Waals surface area contributed by atoms with E-state index in [2.05, 4.69) is 5.16 Å². The second-order valence-electron chi connectivity index (χ2n) is 8.38. The number of carboxylic acids is 1. The van der Waals surface area contributed by atoms with Gasteiger partial charge in [0, 0.05) is 16.0 Å². The summed E-state index contributed by atoms with van der Waals surface area (Å²) in [7, 11) is 0. The molecule has 0 radical (unpaired) electrons. The van der Waals surface area contributed by atoms with E-state index < -0.39 is 17.7 Å². The van der Waals surface area contributed by atoms with E-state index in [4.69, 9.17) is 5.11 Å². The lowest BCUT2D eigenvalue weighted by molar-refractivity contribution is -0.138. The van der Waals surface area contributed by atoms with Crippen LogP contribution in [0.2, 0.25) is 0 Å². The summed E-state index contributed by atoms with van der Waals surface area (Å²) in [5.74, 6) is -0.724. The van der Waals surface area contributed by atoms with Gasteiger partial charge in [-0.15, -0.1) is 11.3 Å². The van der Waals surface area contributed by atoms with Crippen LogP contribution in [0.1, 0.15) is 65.3 Å². The quantitative estimate of drug-likeness (QED) is 0.205. The van der Waals surface area contributed by atoms with Gasteiger partial charge in [0.05, 0.1) is 11.3 Å². The molecule has 3 rings (SSSR count). The van der Waals surface area contributed by atoms with E-state index in [9.17, 15) is 23.2 Å². The molecule has 0 aliphatic rings. The number of hydrogen-bond acceptors (Lipinski definition) is 4. The van der Waals surface area contributed by atoms with Gasteiger partial charge in [0.2, 0.25) is 0 Å². The molecule has 176 valence electrons. The van der Waals surface area contributed by atoms with Crippen molar-refractivity contribution in [2.75, 3.05) is 0 Å². The first-order valence-electron chi connectivity index (χ1n) is 10.7. The molecule has 33 heavy (non-hydrogen) atoms. The first kappa shape index (κ1) is 24.8. The fourth-order valence-corrected chi connectivity index (χ4v) is 5.44. The Balaban J connectivity index is 1.85. The molecule has 2 aromatic carbocycles. The van der Waals surface area contributed by atoms with Gasteiger partial charge >= 0.3 is 12.1 Å². The highest BCUT2D eigenvalue weighted by Gasteiger charge is 2.31. The number of aliphatic carboxylic acids is 1. The molecular formula is C25H26F3NO3S. The van der Waals surface area contributed by atoms with Crippen molar-refractivity contribution in [2.24, 2.45) is 5.16 Å². The molecule has 2 N–H and O–H groups in total. The van der Waals surface area contributed by atoms with Gasteiger partial charge in [-0.3, -0.25) is 4.79 Å². The maximum Gasteiger partial charge on any atom is 0.416 e. The van der Waals surface area contributed by atoms with Crippen LogP contribution in [0.15, 0.2) is 41.6 Å². The summed E-state index contributed by atoms with van der Waals surface area (Å²) >= 11 is 1.35. The van der Waals surface area contributed by atoms with Gasteiger partial charge in [0.25, 0.3) is 0 Å². The summed E-state index contributed by atoms with van der Waals surface area (Å²) in [4.78, 5) is 11.8. The van der Waals surface area contributed by atoms with Gasteiger partial charge < -0.3 is 10.3 Å². The minimum atomic E-state index is -4.39. The van der Waals surface area contributed by atoms with Crippen molar-refractivity contribution >= 4 is 33.1 Å². The number of thiophene rings is 1. The van der Waals surface area contributed by atoms with Crippen LogP contribution in [0.3, 0.4) is 0 Å². The molecule has 3 aromatic rings. The smallest absolute Gasteiger partial charge is 0.416 e. The predicted octanol–water partition coefficient (Wildman–Crippen LogP) is 7.18. The molecule has 8 heteroatoms. The number of aryl methyl sites for hydroxylation is 3. The van der Waals surface area contributed by atoms with Crippen LogP contribution in [0.4, 0.5) is 13.2 Å². The van der Waals surface area contributed by atoms with Crippen molar-refractivity contribution in [3.8, 4) is 0 Å². The Hall–Kier alpha value is -2.87. The summed E-state index contributed by atoms with van der Waals surface area (Å²) in [6.45, 7) is 5.92. The first-order chi connectivity index (χ1) is 15.5. The molecule has 0 unspecified atom stereocenters. The van der Waals surface area contributed by atoms with Gasteiger partial charge in [-0.25, -0.2) is 0 Å². The zero-order valence-electron chi connectivity index (χ0n) is 18.7. The van der Waals surface area contributed by atoms with Crippen molar-refractivity contribution in [3.63, 3.8) is 0 Å². The van der Waals surface area contributed by atoms with Crippen molar-refractivity contribution < 1.29 is 28.3 Å². The van der Waals surface area contributed by atoms with Crippen LogP contribution in [0.25, 0.3) is 10.1 Å². The fraction of sp³-hybridized carbons (Fsp3) is 0.360. The lowest BCUT2D eigenvalue weighted by Crippen LogP contribution is -2.06. The molecule has 0 saturated heterocycles. The van der Waals surface area contributed by atoms with Crippen molar-refractivity contribution in [2.45, 2.75) is 58.5 Å². The summed E-state index contributed by atoms with van der Waals surface area (Å²) in [6, 6.07) is 9.40. The Kier molecular flexibility index (Phi) is 7.47. The zero-order valence-corrected chi connectivity index (χ0v) is 19.5. The van der Waals surface area contributed by atoms with E-state index >= 15 is 0 Å². The van der Waals surface area contributed by atoms with Crippen LogP contribution >= 0.6 is 11.3 Å². The van der Waals surface area contributed by atoms with Gasteiger partial charge in [-0.1, -0.05) is 37.2 Å². The standard InChI is InChI=1S/C25H26F3NO3S/c1-14(2)24-19-8-7-18(25(26,27)28)13-22(19)33-21(24)10-9-20(29-32)17-5-4-16(15(3)12-17)6-11-23(30)31/h4-5,7-8,12-14,32H,6,9-11H2,1-3H3,(H,30,31)/b29-20+. The predicted molar refractivity (Wildman–Crippen MR) is 125 cm³/mol. The second-order valence-corrected chi connectivity index (χ2v) is 9.52. The number of alkyl halides is 3. The molecular weight excluding hydrogens is 451 g/mol. The number of nitrogens with zero attached hydrogens (tertiary/aromatic N) is 1. The summed E-state index contributed by atoms with van der Waals surface area (Å²) in [5, 5.41) is 22.8. The molecule has 1 heterocycles. The second kappa shape index (κ2) is 9.95. The normalized spacial score (nSPS) is 12.6. The molecule has 0 bridgehead atoms. The fourth-order valence-electron chi connectivity index (χ4n) is 4.04. The summed E-state index contributed by atoms with van der Waals surface area (Å²) < 4.78 is 40.1. The summed E-state index contributed by atoms with van der Waals surface area (Å²) in [5.41, 5.74) is 3.42. The minimum Gasteiger partial charge on any atom is -0.481 e. The molecule has 4 nitrogen and oxygen atoms in total. The number of carboxylic acid groups (broad SMARTS) is 1. The minimum absolute atomic E-state index is 0.0428. The van der Waals surface area contributed by atoms with E-state index in [0.717, 1.165) is 38.6 Å². The molecule has 0 atom stereocenters. The SMILES string of the molecule is Cc1cc(/C(CCc2sc3cc(C(F)(F)F)ccc3c2C(C)C)=N/O)ccc1CCC(=O)O. The van der Waals surface area contributed by atoms with E-state index in [-0.39, 0.29) is 12.3 Å². The lowest BCUT2D eigenvalue weighted by Gasteiger charge is -2.11. The number of hydrogen-bond donors (Lipinski definition) is 2. The van der Waals surface area contributed by atoms with E-state index in [1.807, 2.05) is 39.0 Å². The van der Waals surface area contributed by atoms with E-state index in [1.54, 1.807) is 6.07 Å². The number of oxime groups is 1. The Morgan fingerprint density at radius 3 is 2.39 bits per heavy atom. The molecule has 0 aliphatic carbocycles. The maximum atomic E-state index is 13.1. The van der Waals surface area contributed by atoms with Crippen LogP contribution in [-0.2, 0) is 23.8 Å². The van der Waals surface area contributed by atoms with Crippen molar-refractivity contribution in [1.82, 2.24) is 0 Å². The Bertz CT molecular complexity index is 1200. The van der Waals surface area contributed by atoms with Crippen LogP contribution < -0.4 is 0 Å². The number of fused-ring (bicyclic) bond motifs is 1. The Morgan fingerprint density at radius 2 is 1.82 bits per heavy atom. The molecule has 0 saturated carbocycles. The number of carbonyl (C=O) groups is 1. The third kappa shape index (κ3) is 5.74. The van der Waals surface area contributed by atoms with Crippen LogP contribution in [0.5, 0.6) is 0 Å². The van der Waals surface area contributed by atoms with Gasteiger partial charge in [0.1, 0.15) is 0 Å². The lowest BCUT2D eigenvalue weighted by atomic mass is 9.94. The average molecular weight is 478 g/mol. The summed E-state index contributed by atoms with van der Waals surface area (Å²) in [6.07, 6.45) is -2.97.